The Hall–Kier alpha value is -0.810. The molecule has 0 amide bonds. The molecule has 0 spiro atoms. The van der Waals surface area contributed by atoms with Crippen LogP contribution in [0.25, 0.3) is 0 Å². The fraction of sp³-hybridized carbons (Fsp3) is 0.833. The molecule has 0 saturated carbocycles. The van der Waals surface area contributed by atoms with Crippen molar-refractivity contribution in [2.45, 2.75) is 32.3 Å². The van der Waals surface area contributed by atoms with E-state index in [0.29, 0.717) is 0 Å². The highest BCUT2D eigenvalue weighted by Gasteiger charge is 2.33. The summed E-state index contributed by atoms with van der Waals surface area (Å²) < 4.78 is 5.13. The van der Waals surface area contributed by atoms with Gasteiger partial charge in [-0.15, -0.1) is 5.10 Å². The SMILES string of the molecule is CC(C)(C)OC1(O)C=NN=N1. The second kappa shape index (κ2) is 2.35. The molecule has 62 valence electrons. The first-order chi connectivity index (χ1) is 4.91. The fourth-order valence-electron chi connectivity index (χ4n) is 0.714. The molecule has 5 heteroatoms. The van der Waals surface area contributed by atoms with Crippen LogP contribution in [0.3, 0.4) is 0 Å². The van der Waals surface area contributed by atoms with Crippen LogP contribution in [0, 0.1) is 0 Å². The summed E-state index contributed by atoms with van der Waals surface area (Å²) in [6, 6.07) is 0. The van der Waals surface area contributed by atoms with Gasteiger partial charge in [0, 0.05) is 0 Å². The molecule has 0 aromatic carbocycles. The molecular weight excluding hydrogens is 146 g/mol. The summed E-state index contributed by atoms with van der Waals surface area (Å²) in [5, 5.41) is 19.4. The third-order valence-electron chi connectivity index (χ3n) is 0.922. The lowest BCUT2D eigenvalue weighted by atomic mass is 10.2. The average Bonchev–Trinajstić information content (AvgIpc) is 2.09. The third kappa shape index (κ3) is 2.36. The van der Waals surface area contributed by atoms with Crippen LogP contribution in [-0.4, -0.2) is 22.8 Å². The first-order valence-corrected chi connectivity index (χ1v) is 3.30. The maximum absolute atomic E-state index is 9.39. The van der Waals surface area contributed by atoms with Crippen LogP contribution in [-0.2, 0) is 4.74 Å². The minimum Gasteiger partial charge on any atom is -0.342 e. The Kier molecular flexibility index (Phi) is 1.77. The molecule has 1 aliphatic rings. The molecule has 0 saturated heterocycles. The van der Waals surface area contributed by atoms with E-state index in [9.17, 15) is 5.11 Å². The Morgan fingerprint density at radius 3 is 2.45 bits per heavy atom. The maximum atomic E-state index is 9.39. The molecule has 1 unspecified atom stereocenters. The summed E-state index contributed by atoms with van der Waals surface area (Å²) in [6.45, 7) is 5.44. The summed E-state index contributed by atoms with van der Waals surface area (Å²) in [6.07, 6.45) is 1.15. The summed E-state index contributed by atoms with van der Waals surface area (Å²) in [5.74, 6) is -1.65. The lowest BCUT2D eigenvalue weighted by Crippen LogP contribution is -2.38. The molecule has 1 N–H and O–H groups in total. The summed E-state index contributed by atoms with van der Waals surface area (Å²) in [7, 11) is 0. The van der Waals surface area contributed by atoms with E-state index in [2.05, 4.69) is 15.4 Å². The molecule has 11 heavy (non-hydrogen) atoms. The molecule has 0 radical (unpaired) electrons. The number of hydrogen-bond acceptors (Lipinski definition) is 5. The van der Waals surface area contributed by atoms with Crippen molar-refractivity contribution in [1.82, 2.24) is 0 Å². The monoisotopic (exact) mass is 157 g/mol. The first-order valence-electron chi connectivity index (χ1n) is 3.30. The van der Waals surface area contributed by atoms with Crippen molar-refractivity contribution in [1.29, 1.82) is 0 Å². The van der Waals surface area contributed by atoms with Crippen LogP contribution < -0.4 is 0 Å². The topological polar surface area (TPSA) is 66.5 Å². The zero-order chi connectivity index (χ0) is 8.54. The Bertz CT molecular complexity index is 192. The van der Waals surface area contributed by atoms with Crippen LogP contribution in [0.15, 0.2) is 15.4 Å². The molecule has 0 aromatic heterocycles. The number of aliphatic hydroxyl groups is 1. The van der Waals surface area contributed by atoms with Gasteiger partial charge < -0.3 is 9.84 Å². The van der Waals surface area contributed by atoms with Gasteiger partial charge in [0.2, 0.25) is 0 Å². The molecule has 0 bridgehead atoms. The van der Waals surface area contributed by atoms with E-state index in [0.717, 1.165) is 6.21 Å². The van der Waals surface area contributed by atoms with Crippen molar-refractivity contribution in [2.75, 3.05) is 0 Å². The Morgan fingerprint density at radius 1 is 1.45 bits per heavy atom. The van der Waals surface area contributed by atoms with E-state index >= 15 is 0 Å². The van der Waals surface area contributed by atoms with Gasteiger partial charge in [0.1, 0.15) is 6.21 Å². The Balaban J connectivity index is 2.62. The van der Waals surface area contributed by atoms with Crippen molar-refractivity contribution in [3.63, 3.8) is 0 Å². The zero-order valence-electron chi connectivity index (χ0n) is 6.77. The van der Waals surface area contributed by atoms with E-state index in [4.69, 9.17) is 4.74 Å². The second-order valence-electron chi connectivity index (χ2n) is 3.31. The molecule has 0 aliphatic carbocycles. The molecular formula is C6H11N3O2. The Labute approximate surface area is 64.8 Å². The quantitative estimate of drug-likeness (QED) is 0.574. The van der Waals surface area contributed by atoms with Gasteiger partial charge in [-0.2, -0.15) is 0 Å². The van der Waals surface area contributed by atoms with Gasteiger partial charge >= 0.3 is 5.91 Å². The van der Waals surface area contributed by atoms with E-state index < -0.39 is 11.5 Å². The van der Waals surface area contributed by atoms with Gasteiger partial charge in [-0.1, -0.05) is 5.11 Å². The van der Waals surface area contributed by atoms with Gasteiger partial charge in [0.05, 0.1) is 5.60 Å². The van der Waals surface area contributed by atoms with Crippen LogP contribution in [0.1, 0.15) is 20.8 Å². The maximum Gasteiger partial charge on any atom is 0.328 e. The molecule has 0 fully saturated rings. The highest BCUT2D eigenvalue weighted by atomic mass is 16.7. The van der Waals surface area contributed by atoms with Gasteiger partial charge in [-0.25, -0.2) is 0 Å². The summed E-state index contributed by atoms with van der Waals surface area (Å²) >= 11 is 0. The lowest BCUT2D eigenvalue weighted by Gasteiger charge is -2.25. The smallest absolute Gasteiger partial charge is 0.328 e. The van der Waals surface area contributed by atoms with Crippen LogP contribution in [0.4, 0.5) is 0 Å². The largest absolute Gasteiger partial charge is 0.342 e. The van der Waals surface area contributed by atoms with Crippen LogP contribution >= 0.6 is 0 Å². The molecule has 1 atom stereocenters. The standard InChI is InChI=1S/C6H11N3O2/c1-5(2,3)11-6(10)4-7-9-8-6/h4,10H,1-3H3. The van der Waals surface area contributed by atoms with E-state index in [-0.39, 0.29) is 0 Å². The normalized spacial score (nSPS) is 29.8. The predicted molar refractivity (Wildman–Crippen MR) is 39.1 cm³/mol. The van der Waals surface area contributed by atoms with E-state index in [1.165, 1.54) is 0 Å². The van der Waals surface area contributed by atoms with Gasteiger partial charge in [-0.05, 0) is 26.0 Å². The van der Waals surface area contributed by atoms with Gasteiger partial charge in [0.15, 0.2) is 0 Å². The van der Waals surface area contributed by atoms with Crippen molar-refractivity contribution >= 4 is 6.21 Å². The molecule has 1 heterocycles. The van der Waals surface area contributed by atoms with E-state index in [1.807, 2.05) is 20.8 Å². The predicted octanol–water partition coefficient (Wildman–Crippen LogP) is 0.899. The molecule has 1 aliphatic heterocycles. The minimum atomic E-state index is -1.65. The van der Waals surface area contributed by atoms with Gasteiger partial charge in [-0.3, -0.25) is 0 Å². The Morgan fingerprint density at radius 2 is 2.09 bits per heavy atom. The number of rotatable bonds is 1. The van der Waals surface area contributed by atoms with Crippen LogP contribution in [0.2, 0.25) is 0 Å². The van der Waals surface area contributed by atoms with Gasteiger partial charge in [0.25, 0.3) is 0 Å². The first kappa shape index (κ1) is 8.29. The number of nitrogens with zero attached hydrogens (tertiary/aromatic N) is 3. The van der Waals surface area contributed by atoms with Crippen molar-refractivity contribution < 1.29 is 9.84 Å². The van der Waals surface area contributed by atoms with E-state index in [1.54, 1.807) is 0 Å². The second-order valence-corrected chi connectivity index (χ2v) is 3.31. The number of ether oxygens (including phenoxy) is 1. The summed E-state index contributed by atoms with van der Waals surface area (Å²) in [5.41, 5.74) is -0.468. The highest BCUT2D eigenvalue weighted by Crippen LogP contribution is 2.20. The molecule has 1 rings (SSSR count). The van der Waals surface area contributed by atoms with Crippen molar-refractivity contribution in [3.8, 4) is 0 Å². The van der Waals surface area contributed by atoms with Crippen molar-refractivity contribution in [2.24, 2.45) is 15.4 Å². The minimum absolute atomic E-state index is 0.468. The highest BCUT2D eigenvalue weighted by molar-refractivity contribution is 5.66. The molecule has 0 aromatic rings. The van der Waals surface area contributed by atoms with Crippen molar-refractivity contribution in [3.05, 3.63) is 0 Å². The summed E-state index contributed by atoms with van der Waals surface area (Å²) in [4.78, 5) is 0. The zero-order valence-corrected chi connectivity index (χ0v) is 6.77. The van der Waals surface area contributed by atoms with Crippen LogP contribution in [0.5, 0.6) is 0 Å². The molecule has 5 nitrogen and oxygen atoms in total. The lowest BCUT2D eigenvalue weighted by molar-refractivity contribution is -0.200. The third-order valence-corrected chi connectivity index (χ3v) is 0.922. The number of hydrogen-bond donors (Lipinski definition) is 1. The average molecular weight is 157 g/mol. The fourth-order valence-corrected chi connectivity index (χ4v) is 0.714.